The summed E-state index contributed by atoms with van der Waals surface area (Å²) in [6, 6.07) is 6.68. The minimum Gasteiger partial charge on any atom is -0.342 e. The largest absolute Gasteiger partial charge is 0.342 e. The summed E-state index contributed by atoms with van der Waals surface area (Å²) in [5.41, 5.74) is 4.13. The first kappa shape index (κ1) is 12.4. The molecule has 0 bridgehead atoms. The molecule has 0 fully saturated rings. The Labute approximate surface area is 107 Å². The maximum atomic E-state index is 10.8. The van der Waals surface area contributed by atoms with Crippen LogP contribution in [0.25, 0.3) is 0 Å². The van der Waals surface area contributed by atoms with Crippen LogP contribution in [-0.4, -0.2) is 11.9 Å². The molecule has 3 heteroatoms. The van der Waals surface area contributed by atoms with Gasteiger partial charge in [-0.2, -0.15) is 0 Å². The molecule has 0 aromatic heterocycles. The highest BCUT2D eigenvalue weighted by Crippen LogP contribution is 2.29. The molecule has 2 rings (SSSR count). The number of aryl methyl sites for hydroxylation is 2. The van der Waals surface area contributed by atoms with Crippen molar-refractivity contribution < 1.29 is 4.79 Å². The Morgan fingerprint density at radius 2 is 2.06 bits per heavy atom. The van der Waals surface area contributed by atoms with Gasteiger partial charge >= 0.3 is 5.37 Å². The normalized spacial score (nSPS) is 14.5. The van der Waals surface area contributed by atoms with E-state index >= 15 is 0 Å². The van der Waals surface area contributed by atoms with Gasteiger partial charge in [-0.05, 0) is 47.6 Å². The minimum absolute atomic E-state index is 0.0812. The Hall–Kier alpha value is -1.02. The first-order valence-electron chi connectivity index (χ1n) is 6.05. The van der Waals surface area contributed by atoms with Crippen LogP contribution in [0.3, 0.4) is 0 Å². The number of rotatable bonds is 3. The number of carbonyl (C=O) groups is 1. The number of benzene rings is 1. The zero-order valence-corrected chi connectivity index (χ0v) is 11.1. The minimum atomic E-state index is -0.487. The van der Waals surface area contributed by atoms with Crippen LogP contribution in [0.5, 0.6) is 0 Å². The van der Waals surface area contributed by atoms with Crippen molar-refractivity contribution in [2.45, 2.75) is 38.5 Å². The van der Waals surface area contributed by atoms with Gasteiger partial charge in [0, 0.05) is 12.0 Å². The lowest BCUT2D eigenvalue weighted by Gasteiger charge is -2.25. The molecule has 1 aliphatic carbocycles. The first-order valence-corrected chi connectivity index (χ1v) is 6.42. The van der Waals surface area contributed by atoms with E-state index in [1.165, 1.54) is 36.0 Å². The number of fused-ring (bicyclic) bond motifs is 1. The summed E-state index contributed by atoms with van der Waals surface area (Å²) in [5, 5.41) is 2.19. The summed E-state index contributed by atoms with van der Waals surface area (Å²) in [6.45, 7) is 4.81. The number of amides is 1. The molecule has 1 amide bonds. The predicted octanol–water partition coefficient (Wildman–Crippen LogP) is 3.40. The molecule has 0 unspecified atom stereocenters. The van der Waals surface area contributed by atoms with E-state index < -0.39 is 5.37 Å². The maximum Gasteiger partial charge on any atom is 0.313 e. The highest BCUT2D eigenvalue weighted by molar-refractivity contribution is 6.62. The molecule has 0 saturated heterocycles. The molecule has 0 atom stereocenters. The molecule has 2 nitrogen and oxygen atoms in total. The van der Waals surface area contributed by atoms with E-state index in [2.05, 4.69) is 37.4 Å². The smallest absolute Gasteiger partial charge is 0.313 e. The fourth-order valence-electron chi connectivity index (χ4n) is 2.39. The molecular formula is C14H18ClNO. The van der Waals surface area contributed by atoms with E-state index in [9.17, 15) is 4.79 Å². The van der Waals surface area contributed by atoms with E-state index in [0.29, 0.717) is 6.54 Å². The summed E-state index contributed by atoms with van der Waals surface area (Å²) < 4.78 is 0. The molecule has 0 heterocycles. The van der Waals surface area contributed by atoms with Crippen molar-refractivity contribution >= 4 is 17.0 Å². The van der Waals surface area contributed by atoms with Crippen molar-refractivity contribution in [3.63, 3.8) is 0 Å². The molecule has 1 N–H and O–H groups in total. The van der Waals surface area contributed by atoms with E-state index in [-0.39, 0.29) is 5.41 Å². The van der Waals surface area contributed by atoms with Crippen LogP contribution in [0.1, 0.15) is 37.0 Å². The van der Waals surface area contributed by atoms with Crippen molar-refractivity contribution in [2.75, 3.05) is 6.54 Å². The van der Waals surface area contributed by atoms with E-state index in [0.717, 1.165) is 0 Å². The van der Waals surface area contributed by atoms with Crippen molar-refractivity contribution in [3.05, 3.63) is 34.9 Å². The van der Waals surface area contributed by atoms with Crippen LogP contribution in [0.4, 0.5) is 4.79 Å². The lowest BCUT2D eigenvalue weighted by molar-refractivity contribution is 0.257. The highest BCUT2D eigenvalue weighted by atomic mass is 35.5. The Morgan fingerprint density at radius 3 is 2.76 bits per heavy atom. The topological polar surface area (TPSA) is 29.1 Å². The van der Waals surface area contributed by atoms with Gasteiger partial charge in [-0.1, -0.05) is 32.0 Å². The second-order valence-corrected chi connectivity index (χ2v) is 5.69. The fourth-order valence-corrected chi connectivity index (χ4v) is 2.45. The molecule has 17 heavy (non-hydrogen) atoms. The standard InChI is InChI=1S/C14H18ClNO/c1-14(2,9-16-13(15)17)12-7-6-10-4-3-5-11(10)8-12/h6-8H,3-5,9H2,1-2H3,(H,16,17). The van der Waals surface area contributed by atoms with Gasteiger partial charge in [0.25, 0.3) is 0 Å². The number of halogens is 1. The van der Waals surface area contributed by atoms with E-state index in [1.807, 2.05) is 0 Å². The monoisotopic (exact) mass is 251 g/mol. The van der Waals surface area contributed by atoms with Crippen LogP contribution in [0.15, 0.2) is 18.2 Å². The molecule has 0 aliphatic heterocycles. The summed E-state index contributed by atoms with van der Waals surface area (Å²) in [4.78, 5) is 10.8. The molecule has 92 valence electrons. The molecule has 0 spiro atoms. The Morgan fingerprint density at radius 1 is 1.35 bits per heavy atom. The van der Waals surface area contributed by atoms with Crippen molar-refractivity contribution in [3.8, 4) is 0 Å². The van der Waals surface area contributed by atoms with Crippen molar-refractivity contribution in [2.24, 2.45) is 0 Å². The summed E-state index contributed by atoms with van der Waals surface area (Å²) in [5.74, 6) is 0. The average molecular weight is 252 g/mol. The van der Waals surface area contributed by atoms with Crippen LogP contribution < -0.4 is 5.32 Å². The number of hydrogen-bond acceptors (Lipinski definition) is 1. The lowest BCUT2D eigenvalue weighted by Crippen LogP contribution is -2.34. The molecule has 0 saturated carbocycles. The molecular weight excluding hydrogens is 234 g/mol. The molecule has 0 radical (unpaired) electrons. The van der Waals surface area contributed by atoms with Crippen LogP contribution in [-0.2, 0) is 18.3 Å². The van der Waals surface area contributed by atoms with Crippen molar-refractivity contribution in [1.29, 1.82) is 0 Å². The Balaban J connectivity index is 2.18. The van der Waals surface area contributed by atoms with Gasteiger partial charge in [-0.25, -0.2) is 0 Å². The molecule has 1 aromatic carbocycles. The SMILES string of the molecule is CC(C)(CNC(=O)Cl)c1ccc2c(c1)CCC2. The average Bonchev–Trinajstić information content (AvgIpc) is 2.73. The van der Waals surface area contributed by atoms with Gasteiger partial charge < -0.3 is 5.32 Å². The number of nitrogens with one attached hydrogen (secondary N) is 1. The summed E-state index contributed by atoms with van der Waals surface area (Å²) >= 11 is 5.32. The second-order valence-electron chi connectivity index (χ2n) is 5.35. The Kier molecular flexibility index (Phi) is 3.43. The van der Waals surface area contributed by atoms with E-state index in [1.54, 1.807) is 0 Å². The quantitative estimate of drug-likeness (QED) is 0.648. The van der Waals surface area contributed by atoms with Gasteiger partial charge in [-0.3, -0.25) is 4.79 Å². The van der Waals surface area contributed by atoms with Crippen LogP contribution in [0.2, 0.25) is 0 Å². The number of hydrogen-bond donors (Lipinski definition) is 1. The second kappa shape index (κ2) is 4.69. The summed E-state index contributed by atoms with van der Waals surface area (Å²) in [6.07, 6.45) is 3.65. The third kappa shape index (κ3) is 2.81. The Bertz CT molecular complexity index is 440. The first-order chi connectivity index (χ1) is 7.99. The van der Waals surface area contributed by atoms with Gasteiger partial charge in [0.05, 0.1) is 0 Å². The van der Waals surface area contributed by atoms with Gasteiger partial charge in [0.2, 0.25) is 0 Å². The maximum absolute atomic E-state index is 10.8. The third-order valence-electron chi connectivity index (χ3n) is 3.55. The molecule has 1 aliphatic rings. The van der Waals surface area contributed by atoms with E-state index in [4.69, 9.17) is 11.6 Å². The number of carbonyl (C=O) groups excluding carboxylic acids is 1. The van der Waals surface area contributed by atoms with Crippen LogP contribution >= 0.6 is 11.6 Å². The van der Waals surface area contributed by atoms with Gasteiger partial charge in [0.1, 0.15) is 0 Å². The summed E-state index contributed by atoms with van der Waals surface area (Å²) in [7, 11) is 0. The zero-order valence-electron chi connectivity index (χ0n) is 10.3. The fraction of sp³-hybridized carbons (Fsp3) is 0.500. The van der Waals surface area contributed by atoms with Gasteiger partial charge in [0.15, 0.2) is 0 Å². The van der Waals surface area contributed by atoms with Crippen molar-refractivity contribution in [1.82, 2.24) is 5.32 Å². The zero-order chi connectivity index (χ0) is 12.5. The lowest BCUT2D eigenvalue weighted by atomic mass is 9.83. The van der Waals surface area contributed by atoms with Gasteiger partial charge in [-0.15, -0.1) is 0 Å². The third-order valence-corrected chi connectivity index (χ3v) is 3.68. The van der Waals surface area contributed by atoms with Crippen LogP contribution in [0, 0.1) is 0 Å². The predicted molar refractivity (Wildman–Crippen MR) is 70.7 cm³/mol. The highest BCUT2D eigenvalue weighted by Gasteiger charge is 2.23. The molecule has 1 aromatic rings.